The summed E-state index contributed by atoms with van der Waals surface area (Å²) in [5, 5.41) is 0. The number of carbonyl (C=O) groups is 1. The third-order valence-corrected chi connectivity index (χ3v) is 6.41. The number of rotatable bonds is 4. The molecule has 0 bridgehead atoms. The predicted octanol–water partition coefficient (Wildman–Crippen LogP) is 4.13. The van der Waals surface area contributed by atoms with Crippen molar-refractivity contribution in [2.24, 2.45) is 0 Å². The molecule has 0 spiro atoms. The second-order valence-corrected chi connectivity index (χ2v) is 8.36. The maximum Gasteiger partial charge on any atom is 0.416 e. The standard InChI is InChI=1S/C24H28F3N3O/c25-24(26,27)22-9-5-4-8-20(22)18-28-14-16-29(17-15-28)21-10-12-30(13-11-21)23(31)19-6-2-1-3-7-19/h1-9,21H,10-18H2. The smallest absolute Gasteiger partial charge is 0.339 e. The highest BCUT2D eigenvalue weighted by molar-refractivity contribution is 5.94. The molecule has 2 heterocycles. The van der Waals surface area contributed by atoms with Gasteiger partial charge in [0.25, 0.3) is 5.91 Å². The van der Waals surface area contributed by atoms with Crippen molar-refractivity contribution >= 4 is 5.91 Å². The molecule has 2 saturated heterocycles. The summed E-state index contributed by atoms with van der Waals surface area (Å²) in [6.45, 7) is 5.05. The van der Waals surface area contributed by atoms with Gasteiger partial charge < -0.3 is 4.90 Å². The van der Waals surface area contributed by atoms with Crippen LogP contribution in [0.1, 0.15) is 34.3 Å². The molecule has 0 saturated carbocycles. The topological polar surface area (TPSA) is 26.8 Å². The summed E-state index contributed by atoms with van der Waals surface area (Å²) >= 11 is 0. The molecule has 2 aliphatic rings. The first-order valence-corrected chi connectivity index (χ1v) is 10.9. The molecule has 166 valence electrons. The van der Waals surface area contributed by atoms with Crippen molar-refractivity contribution in [3.05, 3.63) is 71.3 Å². The summed E-state index contributed by atoms with van der Waals surface area (Å²) in [5.74, 6) is 0.0900. The summed E-state index contributed by atoms with van der Waals surface area (Å²) in [5.41, 5.74) is 0.540. The number of hydrogen-bond donors (Lipinski definition) is 0. The van der Waals surface area contributed by atoms with Crippen LogP contribution in [0, 0.1) is 0 Å². The number of alkyl halides is 3. The van der Waals surface area contributed by atoms with Gasteiger partial charge in [-0.3, -0.25) is 14.6 Å². The Bertz CT molecular complexity index is 871. The van der Waals surface area contributed by atoms with E-state index in [0.717, 1.165) is 63.7 Å². The van der Waals surface area contributed by atoms with E-state index in [1.165, 1.54) is 6.07 Å². The lowest BCUT2D eigenvalue weighted by Crippen LogP contribution is -2.53. The lowest BCUT2D eigenvalue weighted by atomic mass is 10.0. The fraction of sp³-hybridized carbons (Fsp3) is 0.458. The van der Waals surface area contributed by atoms with E-state index in [4.69, 9.17) is 0 Å². The molecule has 2 aromatic carbocycles. The van der Waals surface area contributed by atoms with Crippen LogP contribution in [-0.2, 0) is 12.7 Å². The summed E-state index contributed by atoms with van der Waals surface area (Å²) in [6.07, 6.45) is -2.44. The van der Waals surface area contributed by atoms with E-state index in [-0.39, 0.29) is 5.91 Å². The van der Waals surface area contributed by atoms with Crippen LogP contribution in [0.3, 0.4) is 0 Å². The molecule has 1 amide bonds. The van der Waals surface area contributed by atoms with Crippen LogP contribution in [-0.4, -0.2) is 65.9 Å². The quantitative estimate of drug-likeness (QED) is 0.729. The van der Waals surface area contributed by atoms with Crippen molar-refractivity contribution in [1.29, 1.82) is 0 Å². The number of halogens is 3. The van der Waals surface area contributed by atoms with Crippen molar-refractivity contribution in [3.8, 4) is 0 Å². The second kappa shape index (κ2) is 9.40. The van der Waals surface area contributed by atoms with Crippen molar-refractivity contribution in [1.82, 2.24) is 14.7 Å². The van der Waals surface area contributed by atoms with Gasteiger partial charge in [-0.05, 0) is 36.6 Å². The number of carbonyl (C=O) groups excluding carboxylic acids is 1. The zero-order valence-electron chi connectivity index (χ0n) is 17.5. The van der Waals surface area contributed by atoms with Gasteiger partial charge in [0.2, 0.25) is 0 Å². The van der Waals surface area contributed by atoms with Gasteiger partial charge in [0, 0.05) is 57.4 Å². The number of piperidine rings is 1. The van der Waals surface area contributed by atoms with E-state index in [2.05, 4.69) is 9.80 Å². The number of nitrogens with zero attached hydrogens (tertiary/aromatic N) is 3. The van der Waals surface area contributed by atoms with E-state index < -0.39 is 11.7 Å². The van der Waals surface area contributed by atoms with Crippen LogP contribution in [0.15, 0.2) is 54.6 Å². The Hall–Kier alpha value is -2.38. The molecule has 7 heteroatoms. The number of amides is 1. The van der Waals surface area contributed by atoms with Crippen LogP contribution in [0.2, 0.25) is 0 Å². The maximum atomic E-state index is 13.2. The van der Waals surface area contributed by atoms with Gasteiger partial charge in [0.15, 0.2) is 0 Å². The Morgan fingerprint density at radius 3 is 2.10 bits per heavy atom. The van der Waals surface area contributed by atoms with Crippen molar-refractivity contribution in [2.45, 2.75) is 31.6 Å². The predicted molar refractivity (Wildman–Crippen MR) is 114 cm³/mol. The summed E-state index contributed by atoms with van der Waals surface area (Å²) in [4.78, 5) is 19.1. The van der Waals surface area contributed by atoms with E-state index in [0.29, 0.717) is 18.2 Å². The molecule has 2 fully saturated rings. The number of likely N-dealkylation sites (tertiary alicyclic amines) is 1. The Balaban J connectivity index is 1.26. The van der Waals surface area contributed by atoms with Gasteiger partial charge in [-0.2, -0.15) is 13.2 Å². The van der Waals surface area contributed by atoms with Crippen LogP contribution in [0.4, 0.5) is 13.2 Å². The molecule has 4 nitrogen and oxygen atoms in total. The molecular formula is C24H28F3N3O. The van der Waals surface area contributed by atoms with Crippen molar-refractivity contribution in [3.63, 3.8) is 0 Å². The van der Waals surface area contributed by atoms with E-state index in [9.17, 15) is 18.0 Å². The Morgan fingerprint density at radius 1 is 0.839 bits per heavy atom. The minimum Gasteiger partial charge on any atom is -0.339 e. The molecule has 0 atom stereocenters. The monoisotopic (exact) mass is 431 g/mol. The van der Waals surface area contributed by atoms with Crippen LogP contribution in [0.25, 0.3) is 0 Å². The summed E-state index contributed by atoms with van der Waals surface area (Å²) in [6, 6.07) is 15.7. The molecule has 0 unspecified atom stereocenters. The molecule has 0 N–H and O–H groups in total. The highest BCUT2D eigenvalue weighted by Gasteiger charge is 2.34. The van der Waals surface area contributed by atoms with E-state index in [1.807, 2.05) is 35.2 Å². The Kier molecular flexibility index (Phi) is 6.62. The lowest BCUT2D eigenvalue weighted by Gasteiger charge is -2.43. The molecule has 2 aromatic rings. The number of benzene rings is 2. The van der Waals surface area contributed by atoms with Crippen LogP contribution in [0.5, 0.6) is 0 Å². The molecular weight excluding hydrogens is 403 g/mol. The van der Waals surface area contributed by atoms with Gasteiger partial charge in [0.05, 0.1) is 5.56 Å². The fourth-order valence-electron chi connectivity index (χ4n) is 4.66. The molecule has 2 aliphatic heterocycles. The van der Waals surface area contributed by atoms with E-state index in [1.54, 1.807) is 12.1 Å². The Morgan fingerprint density at radius 2 is 1.45 bits per heavy atom. The van der Waals surface area contributed by atoms with E-state index >= 15 is 0 Å². The van der Waals surface area contributed by atoms with Gasteiger partial charge >= 0.3 is 6.18 Å². The Labute approximate surface area is 181 Å². The zero-order valence-corrected chi connectivity index (χ0v) is 17.5. The van der Waals surface area contributed by atoms with Gasteiger partial charge in [0.1, 0.15) is 0 Å². The second-order valence-electron chi connectivity index (χ2n) is 8.36. The first kappa shape index (κ1) is 21.8. The maximum absolute atomic E-state index is 13.2. The lowest BCUT2D eigenvalue weighted by molar-refractivity contribution is -0.138. The van der Waals surface area contributed by atoms with Gasteiger partial charge in [-0.25, -0.2) is 0 Å². The first-order chi connectivity index (χ1) is 14.9. The average molecular weight is 432 g/mol. The molecule has 4 rings (SSSR count). The van der Waals surface area contributed by atoms with Gasteiger partial charge in [-0.1, -0.05) is 36.4 Å². The molecule has 31 heavy (non-hydrogen) atoms. The van der Waals surface area contributed by atoms with Crippen molar-refractivity contribution < 1.29 is 18.0 Å². The molecule has 0 radical (unpaired) electrons. The van der Waals surface area contributed by atoms with Crippen LogP contribution >= 0.6 is 0 Å². The highest BCUT2D eigenvalue weighted by atomic mass is 19.4. The summed E-state index contributed by atoms with van der Waals surface area (Å²) in [7, 11) is 0. The van der Waals surface area contributed by atoms with Crippen molar-refractivity contribution in [2.75, 3.05) is 39.3 Å². The zero-order chi connectivity index (χ0) is 21.8. The first-order valence-electron chi connectivity index (χ1n) is 10.9. The third kappa shape index (κ3) is 5.28. The average Bonchev–Trinajstić information content (AvgIpc) is 2.79. The largest absolute Gasteiger partial charge is 0.416 e. The van der Waals surface area contributed by atoms with Crippen LogP contribution < -0.4 is 0 Å². The number of piperazine rings is 1. The summed E-state index contributed by atoms with van der Waals surface area (Å²) < 4.78 is 39.7. The fourth-order valence-corrected chi connectivity index (χ4v) is 4.66. The normalized spacial score (nSPS) is 19.5. The number of hydrogen-bond acceptors (Lipinski definition) is 3. The molecule has 0 aromatic heterocycles. The highest BCUT2D eigenvalue weighted by Crippen LogP contribution is 2.32. The SMILES string of the molecule is O=C(c1ccccc1)N1CCC(N2CCN(Cc3ccccc3C(F)(F)F)CC2)CC1. The third-order valence-electron chi connectivity index (χ3n) is 6.41. The minimum atomic E-state index is -4.32. The minimum absolute atomic E-state index is 0.0900. The molecule has 0 aliphatic carbocycles. The van der Waals surface area contributed by atoms with Gasteiger partial charge in [-0.15, -0.1) is 0 Å².